The Morgan fingerprint density at radius 3 is 2.75 bits per heavy atom. The summed E-state index contributed by atoms with van der Waals surface area (Å²) in [4.78, 5) is 24.8. The molecule has 1 aromatic carbocycles. The number of nitrogens with one attached hydrogen (secondary N) is 1. The lowest BCUT2D eigenvalue weighted by Crippen LogP contribution is -2.36. The van der Waals surface area contributed by atoms with Gasteiger partial charge in [0.05, 0.1) is 10.7 Å². The van der Waals surface area contributed by atoms with E-state index in [1.165, 1.54) is 12.1 Å². The summed E-state index contributed by atoms with van der Waals surface area (Å²) in [5.74, 6) is -1.18. The third kappa shape index (κ3) is 3.99. The van der Waals surface area contributed by atoms with Gasteiger partial charge in [0.2, 0.25) is 0 Å². The van der Waals surface area contributed by atoms with Crippen molar-refractivity contribution in [2.24, 2.45) is 0 Å². The van der Waals surface area contributed by atoms with E-state index in [2.05, 4.69) is 11.9 Å². The third-order valence-electron chi connectivity index (χ3n) is 2.60. The van der Waals surface area contributed by atoms with Crippen LogP contribution in [0.2, 0.25) is 5.02 Å². The fraction of sp³-hybridized carbons (Fsp3) is 0.286. The number of carbonyl (C=O) groups is 2. The molecule has 5 nitrogen and oxygen atoms in total. The van der Waals surface area contributed by atoms with Crippen molar-refractivity contribution in [1.82, 2.24) is 4.90 Å². The van der Waals surface area contributed by atoms with Crippen LogP contribution in [-0.2, 0) is 0 Å². The van der Waals surface area contributed by atoms with Crippen LogP contribution in [0.15, 0.2) is 30.9 Å². The Hall–Kier alpha value is -2.01. The van der Waals surface area contributed by atoms with Gasteiger partial charge < -0.3 is 15.3 Å². The summed E-state index contributed by atoms with van der Waals surface area (Å²) in [5.41, 5.74) is 0.0673. The molecule has 20 heavy (non-hydrogen) atoms. The number of aromatic carboxylic acids is 1. The van der Waals surface area contributed by atoms with Crippen LogP contribution in [0, 0.1) is 0 Å². The predicted octanol–water partition coefficient (Wildman–Crippen LogP) is 3.47. The first-order valence-electron chi connectivity index (χ1n) is 6.19. The average Bonchev–Trinajstić information content (AvgIpc) is 2.38. The van der Waals surface area contributed by atoms with Gasteiger partial charge >= 0.3 is 12.0 Å². The van der Waals surface area contributed by atoms with Crippen LogP contribution in [0.4, 0.5) is 10.5 Å². The molecule has 0 aliphatic rings. The standard InChI is InChI=1S/C14H17ClN2O3/c1-3-8-17(9-4-2)14(20)16-11-7-5-6-10(15)12(11)13(18)19/h3,5-7H,1,4,8-9H2,2H3,(H,16,20)(H,18,19). The maximum Gasteiger partial charge on any atom is 0.339 e. The highest BCUT2D eigenvalue weighted by Gasteiger charge is 2.18. The molecule has 0 radical (unpaired) electrons. The SMILES string of the molecule is C=CCN(CCC)C(=O)Nc1cccc(Cl)c1C(=O)O. The number of rotatable bonds is 6. The van der Waals surface area contributed by atoms with Crippen LogP contribution in [-0.4, -0.2) is 35.1 Å². The maximum absolute atomic E-state index is 12.1. The van der Waals surface area contributed by atoms with Crippen LogP contribution in [0.3, 0.4) is 0 Å². The van der Waals surface area contributed by atoms with Crippen LogP contribution in [0.1, 0.15) is 23.7 Å². The minimum absolute atomic E-state index is 0.0843. The van der Waals surface area contributed by atoms with E-state index >= 15 is 0 Å². The zero-order valence-corrected chi connectivity index (χ0v) is 12.0. The van der Waals surface area contributed by atoms with Crippen molar-refractivity contribution in [3.8, 4) is 0 Å². The van der Waals surface area contributed by atoms with E-state index in [9.17, 15) is 9.59 Å². The molecule has 0 spiro atoms. The second kappa shape index (κ2) is 7.55. The molecular formula is C14H17ClN2O3. The topological polar surface area (TPSA) is 69.6 Å². The van der Waals surface area contributed by atoms with Crippen molar-refractivity contribution < 1.29 is 14.7 Å². The number of urea groups is 1. The van der Waals surface area contributed by atoms with Crippen LogP contribution < -0.4 is 5.32 Å². The Bertz CT molecular complexity index is 517. The molecule has 0 atom stereocenters. The molecule has 0 aromatic heterocycles. The lowest BCUT2D eigenvalue weighted by molar-refractivity contribution is 0.0698. The van der Waals surface area contributed by atoms with Crippen LogP contribution in [0.5, 0.6) is 0 Å². The van der Waals surface area contributed by atoms with Gasteiger partial charge in [-0.2, -0.15) is 0 Å². The van der Waals surface area contributed by atoms with E-state index in [4.69, 9.17) is 16.7 Å². The van der Waals surface area contributed by atoms with Crippen molar-refractivity contribution in [1.29, 1.82) is 0 Å². The Labute approximate surface area is 122 Å². The van der Waals surface area contributed by atoms with Gasteiger partial charge in [0.1, 0.15) is 5.56 Å². The van der Waals surface area contributed by atoms with E-state index in [1.54, 1.807) is 17.0 Å². The predicted molar refractivity (Wildman–Crippen MR) is 79.5 cm³/mol. The smallest absolute Gasteiger partial charge is 0.339 e. The van der Waals surface area contributed by atoms with Crippen molar-refractivity contribution in [2.75, 3.05) is 18.4 Å². The fourth-order valence-electron chi connectivity index (χ4n) is 1.74. The highest BCUT2D eigenvalue weighted by Crippen LogP contribution is 2.24. The quantitative estimate of drug-likeness (QED) is 0.790. The normalized spacial score (nSPS) is 9.90. The second-order valence-electron chi connectivity index (χ2n) is 4.13. The molecule has 0 fully saturated rings. The summed E-state index contributed by atoms with van der Waals surface area (Å²) >= 11 is 5.85. The fourth-order valence-corrected chi connectivity index (χ4v) is 2.00. The van der Waals surface area contributed by atoms with E-state index in [0.717, 1.165) is 6.42 Å². The third-order valence-corrected chi connectivity index (χ3v) is 2.91. The van der Waals surface area contributed by atoms with Gasteiger partial charge in [-0.15, -0.1) is 6.58 Å². The number of carbonyl (C=O) groups excluding carboxylic acids is 1. The van der Waals surface area contributed by atoms with Crippen molar-refractivity contribution >= 4 is 29.3 Å². The van der Waals surface area contributed by atoms with Crippen LogP contribution >= 0.6 is 11.6 Å². The molecule has 1 aromatic rings. The summed E-state index contributed by atoms with van der Waals surface area (Å²) in [5, 5.41) is 11.8. The van der Waals surface area contributed by atoms with Crippen LogP contribution in [0.25, 0.3) is 0 Å². The van der Waals surface area contributed by atoms with Gasteiger partial charge in [-0.3, -0.25) is 0 Å². The minimum Gasteiger partial charge on any atom is -0.478 e. The monoisotopic (exact) mass is 296 g/mol. The minimum atomic E-state index is -1.18. The number of nitrogens with zero attached hydrogens (tertiary/aromatic N) is 1. The number of benzene rings is 1. The molecular weight excluding hydrogens is 280 g/mol. The van der Waals surface area contributed by atoms with Gasteiger partial charge in [0.15, 0.2) is 0 Å². The number of hydrogen-bond acceptors (Lipinski definition) is 2. The number of carboxylic acid groups (broad SMARTS) is 1. The van der Waals surface area contributed by atoms with Crippen molar-refractivity contribution in [3.63, 3.8) is 0 Å². The average molecular weight is 297 g/mol. The number of amides is 2. The molecule has 0 saturated heterocycles. The van der Waals surface area contributed by atoms with E-state index in [0.29, 0.717) is 13.1 Å². The molecule has 0 aliphatic heterocycles. The van der Waals surface area contributed by atoms with Gasteiger partial charge in [0, 0.05) is 13.1 Å². The second-order valence-corrected chi connectivity index (χ2v) is 4.54. The highest BCUT2D eigenvalue weighted by molar-refractivity contribution is 6.34. The molecule has 2 N–H and O–H groups in total. The Morgan fingerprint density at radius 1 is 1.50 bits per heavy atom. The van der Waals surface area contributed by atoms with E-state index in [-0.39, 0.29) is 22.3 Å². The highest BCUT2D eigenvalue weighted by atomic mass is 35.5. The number of carboxylic acids is 1. The summed E-state index contributed by atoms with van der Waals surface area (Å²) in [6.07, 6.45) is 2.41. The Morgan fingerprint density at radius 2 is 2.20 bits per heavy atom. The molecule has 6 heteroatoms. The van der Waals surface area contributed by atoms with Crippen molar-refractivity contribution in [3.05, 3.63) is 41.4 Å². The molecule has 0 aliphatic carbocycles. The van der Waals surface area contributed by atoms with Gasteiger partial charge in [-0.1, -0.05) is 30.7 Å². The molecule has 0 unspecified atom stereocenters. The first-order valence-corrected chi connectivity index (χ1v) is 6.57. The largest absolute Gasteiger partial charge is 0.478 e. The van der Waals surface area contributed by atoms with Gasteiger partial charge in [-0.05, 0) is 18.6 Å². The summed E-state index contributed by atoms with van der Waals surface area (Å²) in [6, 6.07) is 4.18. The molecule has 2 amide bonds. The number of halogens is 1. The molecule has 0 bridgehead atoms. The first-order chi connectivity index (χ1) is 9.51. The zero-order chi connectivity index (χ0) is 15.1. The number of anilines is 1. The van der Waals surface area contributed by atoms with Gasteiger partial charge in [-0.25, -0.2) is 9.59 Å². The Balaban J connectivity index is 2.97. The molecule has 0 heterocycles. The molecule has 1 rings (SSSR count). The van der Waals surface area contributed by atoms with Crippen molar-refractivity contribution in [2.45, 2.75) is 13.3 Å². The van der Waals surface area contributed by atoms with E-state index < -0.39 is 5.97 Å². The lowest BCUT2D eigenvalue weighted by Gasteiger charge is -2.21. The zero-order valence-electron chi connectivity index (χ0n) is 11.2. The first kappa shape index (κ1) is 16.0. The summed E-state index contributed by atoms with van der Waals surface area (Å²) < 4.78 is 0. The molecule has 0 saturated carbocycles. The Kier molecular flexibility index (Phi) is 6.06. The lowest BCUT2D eigenvalue weighted by atomic mass is 10.2. The maximum atomic E-state index is 12.1. The van der Waals surface area contributed by atoms with E-state index in [1.807, 2.05) is 6.92 Å². The number of hydrogen-bond donors (Lipinski definition) is 2. The molecule has 108 valence electrons. The van der Waals surface area contributed by atoms with Gasteiger partial charge in [0.25, 0.3) is 0 Å². The summed E-state index contributed by atoms with van der Waals surface area (Å²) in [7, 11) is 0. The summed E-state index contributed by atoms with van der Waals surface area (Å²) in [6.45, 7) is 6.49.